The molecule has 0 amide bonds. The summed E-state index contributed by atoms with van der Waals surface area (Å²) in [6.45, 7) is 9.55. The number of hydrogen-bond donors (Lipinski definition) is 2. The first-order valence-corrected chi connectivity index (χ1v) is 5.98. The van der Waals surface area contributed by atoms with Crippen LogP contribution in [0.2, 0.25) is 0 Å². The Morgan fingerprint density at radius 1 is 1.07 bits per heavy atom. The van der Waals surface area contributed by atoms with Gasteiger partial charge < -0.3 is 15.4 Å². The van der Waals surface area contributed by atoms with Gasteiger partial charge in [0.05, 0.1) is 12.7 Å². The van der Waals surface area contributed by atoms with Gasteiger partial charge in [-0.1, -0.05) is 13.8 Å². The maximum Gasteiger partial charge on any atom is 0.0599 e. The molecule has 2 rings (SSSR count). The molecule has 0 spiro atoms. The molecule has 2 saturated heterocycles. The molecule has 0 aromatic heterocycles. The molecule has 0 bridgehead atoms. The predicted molar refractivity (Wildman–Crippen MR) is 59.6 cm³/mol. The predicted octanol–water partition coefficient (Wildman–Crippen LogP) is 1.00. The van der Waals surface area contributed by atoms with Gasteiger partial charge in [-0.3, -0.25) is 0 Å². The van der Waals surface area contributed by atoms with Crippen molar-refractivity contribution in [2.45, 2.75) is 32.8 Å². The summed E-state index contributed by atoms with van der Waals surface area (Å²) in [7, 11) is 0. The Labute approximate surface area is 87.6 Å². The van der Waals surface area contributed by atoms with E-state index in [4.69, 9.17) is 4.74 Å². The Morgan fingerprint density at radius 2 is 1.71 bits per heavy atom. The standard InChI is InChI=1S/C9H18N2O.C2H6/c1-3-10-4-2-9(1)12-7-8-5-11-6-8;1-2/h8-11H,1-7H2;1-2H3. The van der Waals surface area contributed by atoms with Crippen LogP contribution >= 0.6 is 0 Å². The van der Waals surface area contributed by atoms with Gasteiger partial charge >= 0.3 is 0 Å². The van der Waals surface area contributed by atoms with Crippen LogP contribution in [-0.4, -0.2) is 38.9 Å². The highest BCUT2D eigenvalue weighted by molar-refractivity contribution is 4.75. The molecule has 14 heavy (non-hydrogen) atoms. The summed E-state index contributed by atoms with van der Waals surface area (Å²) in [5.74, 6) is 0.792. The number of piperidine rings is 1. The smallest absolute Gasteiger partial charge is 0.0599 e. The molecule has 2 aliphatic rings. The number of hydrogen-bond acceptors (Lipinski definition) is 3. The van der Waals surface area contributed by atoms with Crippen LogP contribution in [0, 0.1) is 5.92 Å². The lowest BCUT2D eigenvalue weighted by Crippen LogP contribution is -2.45. The van der Waals surface area contributed by atoms with Crippen molar-refractivity contribution in [1.82, 2.24) is 10.6 Å². The van der Waals surface area contributed by atoms with Crippen molar-refractivity contribution in [3.05, 3.63) is 0 Å². The van der Waals surface area contributed by atoms with Gasteiger partial charge in [0.2, 0.25) is 0 Å². The van der Waals surface area contributed by atoms with E-state index in [-0.39, 0.29) is 0 Å². The van der Waals surface area contributed by atoms with Gasteiger partial charge in [0.1, 0.15) is 0 Å². The molecule has 0 aliphatic carbocycles. The minimum Gasteiger partial charge on any atom is -0.378 e. The summed E-state index contributed by atoms with van der Waals surface area (Å²) in [4.78, 5) is 0. The van der Waals surface area contributed by atoms with Crippen molar-refractivity contribution >= 4 is 0 Å². The average Bonchev–Trinajstić information content (AvgIpc) is 2.20. The highest BCUT2D eigenvalue weighted by atomic mass is 16.5. The van der Waals surface area contributed by atoms with Crippen LogP contribution < -0.4 is 10.6 Å². The SMILES string of the molecule is C1CC(OCC2CNC2)CCN1.CC. The van der Waals surface area contributed by atoms with Gasteiger partial charge in [-0.2, -0.15) is 0 Å². The van der Waals surface area contributed by atoms with E-state index >= 15 is 0 Å². The minimum absolute atomic E-state index is 0.534. The van der Waals surface area contributed by atoms with Gasteiger partial charge in [0.25, 0.3) is 0 Å². The molecule has 0 unspecified atom stereocenters. The molecule has 0 radical (unpaired) electrons. The largest absolute Gasteiger partial charge is 0.378 e. The molecule has 0 aromatic rings. The van der Waals surface area contributed by atoms with Crippen molar-refractivity contribution in [3.63, 3.8) is 0 Å². The van der Waals surface area contributed by atoms with Gasteiger partial charge in [-0.25, -0.2) is 0 Å². The van der Waals surface area contributed by atoms with E-state index in [1.165, 1.54) is 12.8 Å². The second kappa shape index (κ2) is 7.21. The summed E-state index contributed by atoms with van der Waals surface area (Å²) in [5.41, 5.74) is 0. The summed E-state index contributed by atoms with van der Waals surface area (Å²) in [6.07, 6.45) is 2.92. The molecule has 84 valence electrons. The van der Waals surface area contributed by atoms with Crippen LogP contribution in [0.1, 0.15) is 26.7 Å². The Kier molecular flexibility index (Phi) is 6.15. The molecule has 2 fully saturated rings. The number of ether oxygens (including phenoxy) is 1. The van der Waals surface area contributed by atoms with E-state index in [0.29, 0.717) is 6.10 Å². The van der Waals surface area contributed by atoms with Crippen LogP contribution in [0.15, 0.2) is 0 Å². The molecule has 0 atom stereocenters. The third-order valence-electron chi connectivity index (χ3n) is 2.72. The van der Waals surface area contributed by atoms with Crippen molar-refractivity contribution < 1.29 is 4.74 Å². The van der Waals surface area contributed by atoms with Crippen LogP contribution in [0.25, 0.3) is 0 Å². The average molecular weight is 200 g/mol. The monoisotopic (exact) mass is 200 g/mol. The van der Waals surface area contributed by atoms with Gasteiger partial charge in [0.15, 0.2) is 0 Å². The van der Waals surface area contributed by atoms with Crippen molar-refractivity contribution in [2.24, 2.45) is 5.92 Å². The third kappa shape index (κ3) is 3.95. The lowest BCUT2D eigenvalue weighted by atomic mass is 10.0. The van der Waals surface area contributed by atoms with Crippen LogP contribution in [0.3, 0.4) is 0 Å². The van der Waals surface area contributed by atoms with Crippen LogP contribution in [-0.2, 0) is 4.74 Å². The quantitative estimate of drug-likeness (QED) is 0.713. The highest BCUT2D eigenvalue weighted by Gasteiger charge is 2.20. The first-order valence-electron chi connectivity index (χ1n) is 5.98. The van der Waals surface area contributed by atoms with Gasteiger partial charge in [-0.05, 0) is 25.9 Å². The lowest BCUT2D eigenvalue weighted by molar-refractivity contribution is 0.00189. The fourth-order valence-electron chi connectivity index (χ4n) is 1.70. The van der Waals surface area contributed by atoms with E-state index in [2.05, 4.69) is 10.6 Å². The molecule has 2 aliphatic heterocycles. The topological polar surface area (TPSA) is 33.3 Å². The molecule has 3 nitrogen and oxygen atoms in total. The van der Waals surface area contributed by atoms with Crippen molar-refractivity contribution in [2.75, 3.05) is 32.8 Å². The molecule has 3 heteroatoms. The summed E-state index contributed by atoms with van der Waals surface area (Å²) in [6, 6.07) is 0. The van der Waals surface area contributed by atoms with Crippen molar-refractivity contribution in [1.29, 1.82) is 0 Å². The van der Waals surface area contributed by atoms with Crippen LogP contribution in [0.4, 0.5) is 0 Å². The number of rotatable bonds is 3. The van der Waals surface area contributed by atoms with E-state index < -0.39 is 0 Å². The number of nitrogens with one attached hydrogen (secondary N) is 2. The first kappa shape index (κ1) is 12.0. The Balaban J connectivity index is 0.000000461. The molecule has 2 N–H and O–H groups in total. The molecule has 2 heterocycles. The fraction of sp³-hybridized carbons (Fsp3) is 1.00. The summed E-state index contributed by atoms with van der Waals surface area (Å²) < 4.78 is 5.81. The zero-order chi connectivity index (χ0) is 10.2. The van der Waals surface area contributed by atoms with E-state index in [9.17, 15) is 0 Å². The molecule has 0 saturated carbocycles. The maximum atomic E-state index is 5.81. The second-order valence-electron chi connectivity index (χ2n) is 3.81. The highest BCUT2D eigenvalue weighted by Crippen LogP contribution is 2.11. The summed E-state index contributed by atoms with van der Waals surface area (Å²) in [5, 5.41) is 6.59. The zero-order valence-corrected chi connectivity index (χ0v) is 9.51. The van der Waals surface area contributed by atoms with E-state index in [0.717, 1.165) is 38.7 Å². The van der Waals surface area contributed by atoms with E-state index in [1.54, 1.807) is 0 Å². The Morgan fingerprint density at radius 3 is 2.21 bits per heavy atom. The first-order chi connectivity index (χ1) is 6.95. The van der Waals surface area contributed by atoms with Gasteiger partial charge in [-0.15, -0.1) is 0 Å². The second-order valence-corrected chi connectivity index (χ2v) is 3.81. The van der Waals surface area contributed by atoms with Crippen molar-refractivity contribution in [3.8, 4) is 0 Å². The third-order valence-corrected chi connectivity index (χ3v) is 2.72. The molecular formula is C11H24N2O. The molecule has 0 aromatic carbocycles. The normalized spacial score (nSPS) is 23.6. The lowest BCUT2D eigenvalue weighted by Gasteiger charge is -2.30. The Bertz CT molecular complexity index is 131. The van der Waals surface area contributed by atoms with E-state index in [1.807, 2.05) is 13.8 Å². The molecular weight excluding hydrogens is 176 g/mol. The fourth-order valence-corrected chi connectivity index (χ4v) is 1.70. The Hall–Kier alpha value is -0.120. The van der Waals surface area contributed by atoms with Gasteiger partial charge in [0, 0.05) is 19.0 Å². The van der Waals surface area contributed by atoms with Crippen LogP contribution in [0.5, 0.6) is 0 Å². The zero-order valence-electron chi connectivity index (χ0n) is 9.51. The maximum absolute atomic E-state index is 5.81. The minimum atomic E-state index is 0.534. The summed E-state index contributed by atoms with van der Waals surface area (Å²) >= 11 is 0.